The minimum Gasteiger partial charge on any atom is -0.321 e. The molecule has 1 amide bonds. The molecule has 0 radical (unpaired) electrons. The van der Waals surface area contributed by atoms with Crippen molar-refractivity contribution in [1.29, 1.82) is 0 Å². The number of fused-ring (bicyclic) bond motifs is 1. The van der Waals surface area contributed by atoms with Gasteiger partial charge in [0, 0.05) is 22.5 Å². The number of benzene rings is 2. The van der Waals surface area contributed by atoms with Crippen LogP contribution in [0.15, 0.2) is 48.5 Å². The van der Waals surface area contributed by atoms with E-state index in [0.29, 0.717) is 4.88 Å². The number of hydrogen-bond acceptors (Lipinski definition) is 6. The molecule has 3 aromatic rings. The fourth-order valence-corrected chi connectivity index (χ4v) is 3.15. The average Bonchev–Trinajstić information content (AvgIpc) is 2.98. The van der Waals surface area contributed by atoms with Crippen LogP contribution < -0.4 is 5.32 Å². The first-order valence-corrected chi connectivity index (χ1v) is 7.50. The summed E-state index contributed by atoms with van der Waals surface area (Å²) in [5.74, 6) is -0.431. The van der Waals surface area contributed by atoms with Crippen LogP contribution in [-0.4, -0.2) is 15.8 Å². The molecule has 8 nitrogen and oxygen atoms in total. The Labute approximate surface area is 138 Å². The predicted octanol–water partition coefficient (Wildman–Crippen LogP) is 3.97. The summed E-state index contributed by atoms with van der Waals surface area (Å²) >= 11 is 1.29. The molecule has 1 aromatic heterocycles. The highest BCUT2D eigenvalue weighted by molar-refractivity contribution is 7.20. The minimum atomic E-state index is -0.854. The van der Waals surface area contributed by atoms with Gasteiger partial charge in [-0.1, -0.05) is 18.2 Å². The van der Waals surface area contributed by atoms with Gasteiger partial charge in [0.05, 0.1) is 14.7 Å². The summed E-state index contributed by atoms with van der Waals surface area (Å²) in [7, 11) is 0. The van der Waals surface area contributed by atoms with Gasteiger partial charge in [-0.3, -0.25) is 25.0 Å². The summed E-state index contributed by atoms with van der Waals surface area (Å²) in [5, 5.41) is 25.2. The monoisotopic (exact) mass is 343 g/mol. The maximum absolute atomic E-state index is 12.3. The van der Waals surface area contributed by atoms with Gasteiger partial charge < -0.3 is 5.32 Å². The first-order chi connectivity index (χ1) is 11.5. The first kappa shape index (κ1) is 15.6. The zero-order valence-electron chi connectivity index (χ0n) is 12.0. The Kier molecular flexibility index (Phi) is 3.92. The molecule has 0 aliphatic carbocycles. The molecule has 3 rings (SSSR count). The van der Waals surface area contributed by atoms with Gasteiger partial charge in [-0.15, -0.1) is 11.3 Å². The van der Waals surface area contributed by atoms with Crippen LogP contribution in [0.4, 0.5) is 17.1 Å². The van der Waals surface area contributed by atoms with Crippen molar-refractivity contribution in [2.24, 2.45) is 0 Å². The number of carbonyl (C=O) groups is 1. The molecular weight excluding hydrogens is 334 g/mol. The number of carbonyl (C=O) groups excluding carboxylic acids is 1. The molecule has 1 N–H and O–H groups in total. The van der Waals surface area contributed by atoms with Gasteiger partial charge in [-0.25, -0.2) is 0 Å². The maximum Gasteiger partial charge on any atom is 0.348 e. The molecule has 0 saturated heterocycles. The number of nitrogens with zero attached hydrogens (tertiary/aromatic N) is 2. The Morgan fingerprint density at radius 1 is 0.958 bits per heavy atom. The lowest BCUT2D eigenvalue weighted by atomic mass is 10.2. The van der Waals surface area contributed by atoms with E-state index in [2.05, 4.69) is 5.32 Å². The lowest BCUT2D eigenvalue weighted by Gasteiger charge is -2.03. The third kappa shape index (κ3) is 2.92. The molecule has 0 saturated carbocycles. The quantitative estimate of drug-likeness (QED) is 0.568. The van der Waals surface area contributed by atoms with Crippen molar-refractivity contribution < 1.29 is 14.6 Å². The summed E-state index contributed by atoms with van der Waals surface area (Å²) < 4.78 is 0.942. The Hall–Kier alpha value is -3.33. The molecule has 0 spiro atoms. The summed E-state index contributed by atoms with van der Waals surface area (Å²) in [6, 6.07) is 12.4. The number of thiophene rings is 1. The van der Waals surface area contributed by atoms with Crippen molar-refractivity contribution in [3.63, 3.8) is 0 Å². The lowest BCUT2D eigenvalue weighted by molar-refractivity contribution is -0.422. The Bertz CT molecular complexity index is 949. The standard InChI is InChI=1S/C15H9N3O5S/c19-15(14-7-9-3-1-2-4-13(9)24-14)16-10-5-6-11(17(20)21)12(8-10)18(22)23/h1-8H,(H,16,19). The highest BCUT2D eigenvalue weighted by atomic mass is 32.1. The highest BCUT2D eigenvalue weighted by Gasteiger charge is 2.24. The van der Waals surface area contributed by atoms with Gasteiger partial charge in [0.1, 0.15) is 0 Å². The van der Waals surface area contributed by atoms with E-state index < -0.39 is 27.1 Å². The fourth-order valence-electron chi connectivity index (χ4n) is 2.19. The van der Waals surface area contributed by atoms with Crippen LogP contribution in [0.25, 0.3) is 10.1 Å². The second-order valence-electron chi connectivity index (χ2n) is 4.82. The largest absolute Gasteiger partial charge is 0.348 e. The number of rotatable bonds is 4. The van der Waals surface area contributed by atoms with Crippen LogP contribution in [0.5, 0.6) is 0 Å². The molecule has 0 unspecified atom stereocenters. The normalized spacial score (nSPS) is 10.5. The lowest BCUT2D eigenvalue weighted by Crippen LogP contribution is -2.10. The zero-order chi connectivity index (χ0) is 17.3. The smallest absolute Gasteiger partial charge is 0.321 e. The SMILES string of the molecule is O=C(Nc1ccc([N+](=O)[O-])c([N+](=O)[O-])c1)c1cc2ccccc2s1. The van der Waals surface area contributed by atoms with Crippen molar-refractivity contribution in [3.8, 4) is 0 Å². The number of amides is 1. The maximum atomic E-state index is 12.3. The topological polar surface area (TPSA) is 115 Å². The Balaban J connectivity index is 1.90. The van der Waals surface area contributed by atoms with Crippen LogP contribution in [0.3, 0.4) is 0 Å². The van der Waals surface area contributed by atoms with Crippen LogP contribution in [0.2, 0.25) is 0 Å². The fraction of sp³-hybridized carbons (Fsp3) is 0. The van der Waals surface area contributed by atoms with Crippen molar-refractivity contribution in [1.82, 2.24) is 0 Å². The van der Waals surface area contributed by atoms with Gasteiger partial charge in [0.15, 0.2) is 0 Å². The molecule has 9 heteroatoms. The second kappa shape index (κ2) is 6.05. The molecule has 0 aliphatic heterocycles. The van der Waals surface area contributed by atoms with Crippen molar-refractivity contribution in [2.45, 2.75) is 0 Å². The Morgan fingerprint density at radius 3 is 2.33 bits per heavy atom. The third-order valence-corrected chi connectivity index (χ3v) is 4.39. The number of anilines is 1. The van der Waals surface area contributed by atoms with Gasteiger partial charge in [-0.2, -0.15) is 0 Å². The molecule has 24 heavy (non-hydrogen) atoms. The van der Waals surface area contributed by atoms with Crippen molar-refractivity contribution in [3.05, 3.63) is 73.6 Å². The number of nitrogens with one attached hydrogen (secondary N) is 1. The number of hydrogen-bond donors (Lipinski definition) is 1. The summed E-state index contributed by atoms with van der Waals surface area (Å²) in [6.45, 7) is 0. The molecular formula is C15H9N3O5S. The van der Waals surface area contributed by atoms with E-state index in [1.54, 1.807) is 6.07 Å². The van der Waals surface area contributed by atoms with Crippen LogP contribution in [0.1, 0.15) is 9.67 Å². The minimum absolute atomic E-state index is 0.120. The van der Waals surface area contributed by atoms with Crippen LogP contribution >= 0.6 is 11.3 Å². The number of nitro groups is 2. The Morgan fingerprint density at radius 2 is 1.67 bits per heavy atom. The highest BCUT2D eigenvalue weighted by Crippen LogP contribution is 2.30. The van der Waals surface area contributed by atoms with Crippen molar-refractivity contribution in [2.75, 3.05) is 5.32 Å². The molecule has 0 atom stereocenters. The number of nitro benzene ring substituents is 2. The van der Waals surface area contributed by atoms with E-state index >= 15 is 0 Å². The molecule has 2 aromatic carbocycles. The van der Waals surface area contributed by atoms with E-state index in [1.807, 2.05) is 24.3 Å². The predicted molar refractivity (Wildman–Crippen MR) is 89.5 cm³/mol. The van der Waals surface area contributed by atoms with E-state index in [4.69, 9.17) is 0 Å². The van der Waals surface area contributed by atoms with Crippen LogP contribution in [0, 0.1) is 20.2 Å². The molecule has 120 valence electrons. The van der Waals surface area contributed by atoms with E-state index in [1.165, 1.54) is 17.4 Å². The van der Waals surface area contributed by atoms with Gasteiger partial charge in [0.25, 0.3) is 5.91 Å². The second-order valence-corrected chi connectivity index (χ2v) is 5.90. The zero-order valence-corrected chi connectivity index (χ0v) is 12.8. The van der Waals surface area contributed by atoms with E-state index in [9.17, 15) is 25.0 Å². The molecule has 1 heterocycles. The summed E-state index contributed by atoms with van der Waals surface area (Å²) in [4.78, 5) is 32.8. The van der Waals surface area contributed by atoms with Crippen LogP contribution in [-0.2, 0) is 0 Å². The molecule has 0 aliphatic rings. The van der Waals surface area contributed by atoms with E-state index in [-0.39, 0.29) is 5.69 Å². The third-order valence-electron chi connectivity index (χ3n) is 3.28. The summed E-state index contributed by atoms with van der Waals surface area (Å²) in [5.41, 5.74) is -1.18. The summed E-state index contributed by atoms with van der Waals surface area (Å²) in [6.07, 6.45) is 0. The van der Waals surface area contributed by atoms with Gasteiger partial charge >= 0.3 is 11.4 Å². The van der Waals surface area contributed by atoms with E-state index in [0.717, 1.165) is 22.2 Å². The van der Waals surface area contributed by atoms with Gasteiger partial charge in [-0.05, 0) is 23.6 Å². The molecule has 0 fully saturated rings. The first-order valence-electron chi connectivity index (χ1n) is 6.68. The van der Waals surface area contributed by atoms with Crippen molar-refractivity contribution >= 4 is 44.4 Å². The molecule has 0 bridgehead atoms. The average molecular weight is 343 g/mol. The van der Waals surface area contributed by atoms with Gasteiger partial charge in [0.2, 0.25) is 0 Å².